The Balaban J connectivity index is 1.99. The van der Waals surface area contributed by atoms with Crippen molar-refractivity contribution in [2.24, 2.45) is 18.9 Å². The van der Waals surface area contributed by atoms with Crippen molar-refractivity contribution in [3.05, 3.63) is 5.69 Å². The lowest BCUT2D eigenvalue weighted by Gasteiger charge is -2.27. The van der Waals surface area contributed by atoms with Gasteiger partial charge in [-0.25, -0.2) is 13.1 Å². The van der Waals surface area contributed by atoms with E-state index in [1.807, 2.05) is 0 Å². The number of rotatable bonds is 5. The molecule has 0 amide bonds. The minimum Gasteiger partial charge on any atom is -0.381 e. The number of hydrogen-bond donors (Lipinski definition) is 2. The zero-order valence-corrected chi connectivity index (χ0v) is 13.9. The number of nitrogen functional groups attached to an aromatic ring is 1. The van der Waals surface area contributed by atoms with Gasteiger partial charge in [-0.1, -0.05) is 26.2 Å². The van der Waals surface area contributed by atoms with Crippen LogP contribution in [0.5, 0.6) is 0 Å². The van der Waals surface area contributed by atoms with Crippen LogP contribution in [-0.4, -0.2) is 24.7 Å². The summed E-state index contributed by atoms with van der Waals surface area (Å²) in [6.45, 7) is 4.43. The number of hydrogen-bond acceptors (Lipinski definition) is 4. The second-order valence-electron chi connectivity index (χ2n) is 6.07. The average Bonchev–Trinajstić information content (AvgIpc) is 2.71. The summed E-state index contributed by atoms with van der Waals surface area (Å²) in [4.78, 5) is 0.118. The Bertz CT molecular complexity index is 586. The van der Waals surface area contributed by atoms with E-state index < -0.39 is 10.0 Å². The molecule has 1 heterocycles. The van der Waals surface area contributed by atoms with Gasteiger partial charge in [0.2, 0.25) is 10.0 Å². The number of aryl methyl sites for hydroxylation is 1. The smallest absolute Gasteiger partial charge is 0.246 e. The first-order valence-corrected chi connectivity index (χ1v) is 9.12. The van der Waals surface area contributed by atoms with Crippen molar-refractivity contribution in [1.29, 1.82) is 0 Å². The maximum absolute atomic E-state index is 12.4. The summed E-state index contributed by atoms with van der Waals surface area (Å²) in [6.07, 6.45) is 5.84. The Labute approximate surface area is 127 Å². The molecule has 0 unspecified atom stereocenters. The van der Waals surface area contributed by atoms with Crippen molar-refractivity contribution >= 4 is 15.8 Å². The number of anilines is 1. The van der Waals surface area contributed by atoms with Gasteiger partial charge in [-0.05, 0) is 31.6 Å². The Morgan fingerprint density at radius 1 is 1.29 bits per heavy atom. The summed E-state index contributed by atoms with van der Waals surface area (Å²) in [7, 11) is -1.89. The normalized spacial score (nSPS) is 23.4. The molecular weight excluding hydrogens is 288 g/mol. The van der Waals surface area contributed by atoms with E-state index in [2.05, 4.69) is 16.7 Å². The number of nitrogens with one attached hydrogen (secondary N) is 1. The second-order valence-corrected chi connectivity index (χ2v) is 7.77. The van der Waals surface area contributed by atoms with Crippen LogP contribution in [0.15, 0.2) is 4.90 Å². The SMILES string of the molecule is CCC1CCC(CNS(=O)(=O)c2c(N)nn(C)c2C)CC1. The number of nitrogens with two attached hydrogens (primary N) is 1. The molecule has 3 N–H and O–H groups in total. The quantitative estimate of drug-likeness (QED) is 0.867. The first-order valence-electron chi connectivity index (χ1n) is 7.63. The van der Waals surface area contributed by atoms with Gasteiger partial charge in [-0.15, -0.1) is 0 Å². The van der Waals surface area contributed by atoms with Gasteiger partial charge < -0.3 is 5.73 Å². The van der Waals surface area contributed by atoms with Gasteiger partial charge in [-0.2, -0.15) is 5.10 Å². The van der Waals surface area contributed by atoms with Crippen LogP contribution in [0, 0.1) is 18.8 Å². The Morgan fingerprint density at radius 2 is 1.86 bits per heavy atom. The van der Waals surface area contributed by atoms with Crippen LogP contribution in [0.25, 0.3) is 0 Å². The highest BCUT2D eigenvalue weighted by atomic mass is 32.2. The van der Waals surface area contributed by atoms with Crippen molar-refractivity contribution in [2.45, 2.75) is 50.8 Å². The van der Waals surface area contributed by atoms with Crippen molar-refractivity contribution < 1.29 is 8.42 Å². The average molecular weight is 314 g/mol. The van der Waals surface area contributed by atoms with Gasteiger partial charge in [0.15, 0.2) is 5.82 Å². The van der Waals surface area contributed by atoms with E-state index in [-0.39, 0.29) is 10.7 Å². The molecule has 1 fully saturated rings. The summed E-state index contributed by atoms with van der Waals surface area (Å²) in [5, 5.41) is 3.97. The summed E-state index contributed by atoms with van der Waals surface area (Å²) in [5.74, 6) is 1.31. The van der Waals surface area contributed by atoms with Crippen LogP contribution < -0.4 is 10.5 Å². The number of sulfonamides is 1. The van der Waals surface area contributed by atoms with Crippen LogP contribution in [0.4, 0.5) is 5.82 Å². The van der Waals surface area contributed by atoms with E-state index in [1.165, 1.54) is 23.9 Å². The van der Waals surface area contributed by atoms with Crippen LogP contribution in [0.3, 0.4) is 0 Å². The van der Waals surface area contributed by atoms with Gasteiger partial charge in [0, 0.05) is 13.6 Å². The highest BCUT2D eigenvalue weighted by molar-refractivity contribution is 7.89. The highest BCUT2D eigenvalue weighted by Crippen LogP contribution is 2.30. The van der Waals surface area contributed by atoms with Gasteiger partial charge >= 0.3 is 0 Å². The predicted molar refractivity (Wildman–Crippen MR) is 83.3 cm³/mol. The zero-order chi connectivity index (χ0) is 15.6. The fourth-order valence-corrected chi connectivity index (χ4v) is 4.53. The fraction of sp³-hybridized carbons (Fsp3) is 0.786. The Hall–Kier alpha value is -1.08. The van der Waals surface area contributed by atoms with E-state index >= 15 is 0 Å². The molecule has 0 aliphatic heterocycles. The summed E-state index contributed by atoms with van der Waals surface area (Å²) < 4.78 is 29.0. The molecule has 2 rings (SSSR count). The highest BCUT2D eigenvalue weighted by Gasteiger charge is 2.26. The topological polar surface area (TPSA) is 90.0 Å². The molecule has 0 atom stereocenters. The van der Waals surface area contributed by atoms with Crippen LogP contribution in [0.2, 0.25) is 0 Å². The van der Waals surface area contributed by atoms with Crippen molar-refractivity contribution in [2.75, 3.05) is 12.3 Å². The summed E-state index contributed by atoms with van der Waals surface area (Å²) >= 11 is 0. The number of nitrogens with zero attached hydrogens (tertiary/aromatic N) is 2. The molecule has 120 valence electrons. The molecule has 1 aliphatic rings. The van der Waals surface area contributed by atoms with E-state index in [0.717, 1.165) is 18.8 Å². The largest absolute Gasteiger partial charge is 0.381 e. The molecule has 7 heteroatoms. The lowest BCUT2D eigenvalue weighted by molar-refractivity contribution is 0.270. The van der Waals surface area contributed by atoms with Crippen LogP contribution in [0.1, 0.15) is 44.7 Å². The van der Waals surface area contributed by atoms with E-state index in [1.54, 1.807) is 14.0 Å². The van der Waals surface area contributed by atoms with E-state index in [9.17, 15) is 8.42 Å². The van der Waals surface area contributed by atoms with E-state index in [0.29, 0.717) is 18.2 Å². The zero-order valence-electron chi connectivity index (χ0n) is 13.1. The minimum atomic E-state index is -3.58. The molecule has 0 radical (unpaired) electrons. The third-order valence-electron chi connectivity index (χ3n) is 4.68. The molecule has 1 aliphatic carbocycles. The monoisotopic (exact) mass is 314 g/mol. The predicted octanol–water partition coefficient (Wildman–Crippen LogP) is 1.81. The first-order chi connectivity index (χ1) is 9.85. The number of aromatic nitrogens is 2. The molecule has 1 aromatic heterocycles. The van der Waals surface area contributed by atoms with Gasteiger partial charge in [0.1, 0.15) is 4.90 Å². The Morgan fingerprint density at radius 3 is 2.33 bits per heavy atom. The second kappa shape index (κ2) is 6.36. The molecule has 21 heavy (non-hydrogen) atoms. The standard InChI is InChI=1S/C14H26N4O2S/c1-4-11-5-7-12(8-6-11)9-16-21(19,20)13-10(2)18(3)17-14(13)15/h11-12,16H,4-9H2,1-3H3,(H2,15,17). The maximum atomic E-state index is 12.4. The summed E-state index contributed by atoms with van der Waals surface area (Å²) in [6, 6.07) is 0. The third-order valence-corrected chi connectivity index (χ3v) is 6.27. The van der Waals surface area contributed by atoms with Gasteiger partial charge in [0.05, 0.1) is 5.69 Å². The Kier molecular flexibility index (Phi) is 4.93. The molecular formula is C14H26N4O2S. The first kappa shape index (κ1) is 16.3. The molecule has 0 saturated heterocycles. The molecule has 1 aromatic rings. The molecule has 0 bridgehead atoms. The molecule has 6 nitrogen and oxygen atoms in total. The van der Waals surface area contributed by atoms with Gasteiger partial charge in [0.25, 0.3) is 0 Å². The lowest BCUT2D eigenvalue weighted by Crippen LogP contribution is -2.32. The maximum Gasteiger partial charge on any atom is 0.246 e. The third kappa shape index (κ3) is 3.58. The summed E-state index contributed by atoms with van der Waals surface area (Å²) in [5.41, 5.74) is 6.29. The molecule has 1 saturated carbocycles. The molecule has 0 spiro atoms. The van der Waals surface area contributed by atoms with Crippen molar-refractivity contribution in [3.8, 4) is 0 Å². The van der Waals surface area contributed by atoms with Crippen LogP contribution in [-0.2, 0) is 17.1 Å². The van der Waals surface area contributed by atoms with Gasteiger partial charge in [-0.3, -0.25) is 4.68 Å². The fourth-order valence-electron chi connectivity index (χ4n) is 3.09. The van der Waals surface area contributed by atoms with Crippen LogP contribution >= 0.6 is 0 Å². The lowest BCUT2D eigenvalue weighted by atomic mass is 9.81. The van der Waals surface area contributed by atoms with Crippen molar-refractivity contribution in [3.63, 3.8) is 0 Å². The minimum absolute atomic E-state index is 0.0668. The van der Waals surface area contributed by atoms with E-state index in [4.69, 9.17) is 5.73 Å². The molecule has 0 aromatic carbocycles. The van der Waals surface area contributed by atoms with Crippen molar-refractivity contribution in [1.82, 2.24) is 14.5 Å².